The molecule has 258 valence electrons. The Bertz CT molecular complexity index is 2130. The second-order valence-corrected chi connectivity index (χ2v) is 12.0. The van der Waals surface area contributed by atoms with E-state index in [4.69, 9.17) is 18.9 Å². The summed E-state index contributed by atoms with van der Waals surface area (Å²) in [4.78, 5) is 34.7. The van der Waals surface area contributed by atoms with Crippen LogP contribution in [0.15, 0.2) is 60.8 Å². The molecule has 2 amide bonds. The molecule has 11 nitrogen and oxygen atoms in total. The Labute approximate surface area is 284 Å². The molecule has 2 aliphatic rings. The normalized spacial score (nSPS) is 14.2. The molecular weight excluding hydrogens is 655 g/mol. The smallest absolute Gasteiger partial charge is 0.270 e. The Morgan fingerprint density at radius 3 is 2.44 bits per heavy atom. The van der Waals surface area contributed by atoms with Crippen LogP contribution in [-0.4, -0.2) is 71.2 Å². The van der Waals surface area contributed by atoms with E-state index in [0.29, 0.717) is 24.5 Å². The Morgan fingerprint density at radius 1 is 0.920 bits per heavy atom. The minimum Gasteiger partial charge on any atom is -0.493 e. The van der Waals surface area contributed by atoms with Crippen molar-refractivity contribution in [3.63, 3.8) is 0 Å². The minimum atomic E-state index is -1.52. The molecular formula is C36H32F3N5O6. The van der Waals surface area contributed by atoms with E-state index in [1.54, 1.807) is 12.1 Å². The predicted molar refractivity (Wildman–Crippen MR) is 177 cm³/mol. The third-order valence-corrected chi connectivity index (χ3v) is 8.88. The molecule has 1 N–H and O–H groups in total. The maximum absolute atomic E-state index is 14.6. The van der Waals surface area contributed by atoms with E-state index in [1.807, 2.05) is 46.8 Å². The number of anilines is 1. The summed E-state index contributed by atoms with van der Waals surface area (Å²) in [5.74, 6) is -3.88. The summed E-state index contributed by atoms with van der Waals surface area (Å²) in [6, 6.07) is 16.1. The summed E-state index contributed by atoms with van der Waals surface area (Å²) in [5.41, 5.74) is 1.16. The number of halogens is 3. The van der Waals surface area contributed by atoms with E-state index >= 15 is 0 Å². The van der Waals surface area contributed by atoms with Crippen molar-refractivity contribution in [1.82, 2.24) is 19.4 Å². The van der Waals surface area contributed by atoms with Gasteiger partial charge >= 0.3 is 0 Å². The van der Waals surface area contributed by atoms with Crippen LogP contribution in [0, 0.1) is 24.4 Å². The summed E-state index contributed by atoms with van der Waals surface area (Å²) >= 11 is 0. The van der Waals surface area contributed by atoms with Crippen molar-refractivity contribution in [1.29, 1.82) is 0 Å². The second kappa shape index (κ2) is 13.3. The molecule has 2 aromatic heterocycles. The van der Waals surface area contributed by atoms with Crippen LogP contribution in [0.25, 0.3) is 10.9 Å². The lowest BCUT2D eigenvalue weighted by Crippen LogP contribution is -2.48. The summed E-state index contributed by atoms with van der Waals surface area (Å²) in [5, 5.41) is 3.17. The average Bonchev–Trinajstić information content (AvgIpc) is 3.73. The summed E-state index contributed by atoms with van der Waals surface area (Å²) in [6.45, 7) is 4.72. The number of carbonyl (C=O) groups is 2. The van der Waals surface area contributed by atoms with Crippen LogP contribution < -0.4 is 24.3 Å². The highest BCUT2D eigenvalue weighted by molar-refractivity contribution is 6.06. The quantitative estimate of drug-likeness (QED) is 0.197. The first-order valence-corrected chi connectivity index (χ1v) is 15.8. The van der Waals surface area contributed by atoms with E-state index in [-0.39, 0.29) is 24.3 Å². The number of amides is 2. The molecule has 1 fully saturated rings. The molecule has 0 radical (unpaired) electrons. The Hall–Kier alpha value is -5.76. The highest BCUT2D eigenvalue weighted by Crippen LogP contribution is 2.34. The molecule has 0 saturated carbocycles. The van der Waals surface area contributed by atoms with Gasteiger partial charge in [0.2, 0.25) is 12.7 Å². The fourth-order valence-corrected chi connectivity index (χ4v) is 6.14. The molecule has 1 saturated heterocycles. The van der Waals surface area contributed by atoms with Crippen molar-refractivity contribution in [2.24, 2.45) is 7.05 Å². The molecule has 0 atom stereocenters. The fourth-order valence-electron chi connectivity index (χ4n) is 6.14. The number of ether oxygens (including phenoxy) is 4. The van der Waals surface area contributed by atoms with Crippen LogP contribution in [0.4, 0.5) is 18.9 Å². The lowest BCUT2D eigenvalue weighted by atomic mass is 10.1. The van der Waals surface area contributed by atoms with Crippen LogP contribution in [0.5, 0.6) is 28.9 Å². The number of hydrogen-bond donors (Lipinski definition) is 1. The number of aryl methyl sites for hydroxylation is 1. The van der Waals surface area contributed by atoms with Gasteiger partial charge in [0, 0.05) is 62.3 Å². The Balaban J connectivity index is 0.982. The molecule has 14 heteroatoms. The number of methoxy groups -OCH3 is 1. The number of aromatic nitrogens is 2. The zero-order chi connectivity index (χ0) is 35.1. The van der Waals surface area contributed by atoms with Crippen LogP contribution >= 0.6 is 0 Å². The number of fused-ring (bicyclic) bond motifs is 2. The van der Waals surface area contributed by atoms with Gasteiger partial charge in [-0.25, -0.2) is 18.2 Å². The van der Waals surface area contributed by atoms with Gasteiger partial charge in [0.05, 0.1) is 19.0 Å². The summed E-state index contributed by atoms with van der Waals surface area (Å²) < 4.78 is 66.7. The number of carbonyl (C=O) groups excluding carboxylic acids is 2. The number of nitrogens with zero attached hydrogens (tertiary/aromatic N) is 4. The van der Waals surface area contributed by atoms with E-state index in [1.165, 1.54) is 18.3 Å². The Kier molecular flexibility index (Phi) is 8.70. The molecule has 0 unspecified atom stereocenters. The lowest BCUT2D eigenvalue weighted by molar-refractivity contribution is 0.0619. The largest absolute Gasteiger partial charge is 0.493 e. The Morgan fingerprint density at radius 2 is 1.70 bits per heavy atom. The van der Waals surface area contributed by atoms with Crippen molar-refractivity contribution in [3.05, 3.63) is 101 Å². The van der Waals surface area contributed by atoms with Gasteiger partial charge in [-0.2, -0.15) is 0 Å². The van der Waals surface area contributed by atoms with E-state index in [2.05, 4.69) is 15.2 Å². The van der Waals surface area contributed by atoms with E-state index in [9.17, 15) is 22.8 Å². The van der Waals surface area contributed by atoms with Crippen molar-refractivity contribution >= 4 is 28.4 Å². The molecule has 7 rings (SSSR count). The van der Waals surface area contributed by atoms with Crippen LogP contribution in [-0.2, 0) is 13.6 Å². The summed E-state index contributed by atoms with van der Waals surface area (Å²) in [7, 11) is 2.90. The van der Waals surface area contributed by atoms with Crippen LogP contribution in [0.3, 0.4) is 0 Å². The van der Waals surface area contributed by atoms with Gasteiger partial charge in [-0.05, 0) is 55.0 Å². The number of nitrogens with one attached hydrogen (secondary N) is 1. The maximum atomic E-state index is 14.6. The molecule has 50 heavy (non-hydrogen) atoms. The van der Waals surface area contributed by atoms with Crippen molar-refractivity contribution < 1.29 is 41.7 Å². The number of rotatable bonds is 8. The van der Waals surface area contributed by atoms with Gasteiger partial charge < -0.3 is 33.7 Å². The van der Waals surface area contributed by atoms with Gasteiger partial charge in [0.25, 0.3) is 11.8 Å². The monoisotopic (exact) mass is 687 g/mol. The summed E-state index contributed by atoms with van der Waals surface area (Å²) in [6.07, 6.45) is 1.26. The van der Waals surface area contributed by atoms with Crippen molar-refractivity contribution in [2.75, 3.05) is 45.4 Å². The first-order valence-electron chi connectivity index (χ1n) is 15.8. The second-order valence-electron chi connectivity index (χ2n) is 12.0. The molecule has 3 aromatic carbocycles. The fraction of sp³-hybridized carbons (Fsp3) is 0.250. The van der Waals surface area contributed by atoms with Crippen molar-refractivity contribution in [2.45, 2.75) is 13.5 Å². The van der Waals surface area contributed by atoms with Crippen LogP contribution in [0.2, 0.25) is 0 Å². The molecule has 2 aliphatic heterocycles. The highest BCUT2D eigenvalue weighted by Gasteiger charge is 2.29. The molecule has 4 heterocycles. The van der Waals surface area contributed by atoms with Gasteiger partial charge in [0.15, 0.2) is 34.7 Å². The number of benzene rings is 3. The lowest BCUT2D eigenvalue weighted by Gasteiger charge is -2.34. The van der Waals surface area contributed by atoms with Gasteiger partial charge in [-0.15, -0.1) is 0 Å². The minimum absolute atomic E-state index is 0.0539. The standard InChI is InChI=1S/C36H32F3N5O6/c1-20-31(37)33(39)30(34(47-3)32(20)38)35(45)41-23-5-9-29(40-17-23)50-24-6-7-25-22(15-24)16-26(42(25)2)36(46)44-12-10-43(11-13-44)18-21-4-8-27-28(14-21)49-19-48-27/h4-9,14-17H,10-13,18-19H2,1-3H3,(H,41,45). The highest BCUT2D eigenvalue weighted by atomic mass is 19.2. The first kappa shape index (κ1) is 32.8. The zero-order valence-electron chi connectivity index (χ0n) is 27.4. The molecule has 5 aromatic rings. The van der Waals surface area contributed by atoms with E-state index < -0.39 is 40.2 Å². The molecule has 0 aliphatic carbocycles. The third kappa shape index (κ3) is 6.13. The average molecular weight is 688 g/mol. The topological polar surface area (TPSA) is 107 Å². The number of pyridine rings is 1. The number of hydrogen-bond acceptors (Lipinski definition) is 8. The SMILES string of the molecule is COc1c(F)c(C)c(F)c(F)c1C(=O)Nc1ccc(Oc2ccc3c(c2)cc(C(=O)N2CCN(Cc4ccc5c(c4)OCO5)CC2)n3C)nc1. The first-order chi connectivity index (χ1) is 24.1. The predicted octanol–water partition coefficient (Wildman–Crippen LogP) is 6.04. The van der Waals surface area contributed by atoms with E-state index in [0.717, 1.165) is 61.6 Å². The zero-order valence-corrected chi connectivity index (χ0v) is 27.4. The molecule has 0 spiro atoms. The third-order valence-electron chi connectivity index (χ3n) is 8.88. The van der Waals surface area contributed by atoms with Gasteiger partial charge in [-0.1, -0.05) is 6.07 Å². The molecule has 0 bridgehead atoms. The van der Waals surface area contributed by atoms with Crippen molar-refractivity contribution in [3.8, 4) is 28.9 Å². The van der Waals surface area contributed by atoms with Crippen LogP contribution in [0.1, 0.15) is 32.0 Å². The van der Waals surface area contributed by atoms with Gasteiger partial charge in [-0.3, -0.25) is 14.5 Å². The maximum Gasteiger partial charge on any atom is 0.270 e. The van der Waals surface area contributed by atoms with Gasteiger partial charge in [0.1, 0.15) is 17.0 Å². The number of piperazine rings is 1.